The van der Waals surface area contributed by atoms with Crippen molar-refractivity contribution in [2.24, 2.45) is 0 Å². The summed E-state index contributed by atoms with van der Waals surface area (Å²) in [7, 11) is 0. The fraction of sp³-hybridized carbons (Fsp3) is 0.211. The van der Waals surface area contributed by atoms with E-state index in [1.165, 1.54) is 16.7 Å². The van der Waals surface area contributed by atoms with Gasteiger partial charge in [-0.25, -0.2) is 4.98 Å². The minimum absolute atomic E-state index is 0.0935. The molecule has 0 aliphatic heterocycles. The standard InChI is InChI=1S/C19H15F3N2O2S2/c1-2-26-18(27)28-11-16-23-15-9-4-3-8-14(15)17(25)24(16)13-7-5-6-12(10-13)19(20,21)22/h3-10H,2,11H2,1H3. The van der Waals surface area contributed by atoms with E-state index in [0.717, 1.165) is 23.9 Å². The van der Waals surface area contributed by atoms with Crippen molar-refractivity contribution in [1.29, 1.82) is 0 Å². The lowest BCUT2D eigenvalue weighted by molar-refractivity contribution is -0.137. The van der Waals surface area contributed by atoms with E-state index in [1.54, 1.807) is 31.2 Å². The zero-order chi connectivity index (χ0) is 20.3. The molecular formula is C19H15F3N2O2S2. The molecule has 0 aliphatic rings. The maximum atomic E-state index is 13.1. The van der Waals surface area contributed by atoms with Gasteiger partial charge in [-0.2, -0.15) is 13.2 Å². The first-order chi connectivity index (χ1) is 13.3. The van der Waals surface area contributed by atoms with Crippen molar-refractivity contribution in [2.45, 2.75) is 18.9 Å². The number of hydrogen-bond donors (Lipinski definition) is 0. The number of halogens is 3. The highest BCUT2D eigenvalue weighted by molar-refractivity contribution is 8.22. The SMILES string of the molecule is CCOC(=S)SCc1nc2ccccc2c(=O)n1-c1cccc(C(F)(F)F)c1. The Kier molecular flexibility index (Phi) is 6.04. The largest absolute Gasteiger partial charge is 0.479 e. The molecule has 0 atom stereocenters. The van der Waals surface area contributed by atoms with Gasteiger partial charge in [-0.05, 0) is 49.5 Å². The Bertz CT molecular complexity index is 1080. The molecule has 0 saturated carbocycles. The number of alkyl halides is 3. The van der Waals surface area contributed by atoms with Crippen LogP contribution in [-0.4, -0.2) is 20.5 Å². The van der Waals surface area contributed by atoms with E-state index < -0.39 is 17.3 Å². The Morgan fingerprint density at radius 1 is 1.21 bits per heavy atom. The van der Waals surface area contributed by atoms with E-state index in [-0.39, 0.29) is 21.6 Å². The van der Waals surface area contributed by atoms with E-state index in [2.05, 4.69) is 4.98 Å². The third-order valence-electron chi connectivity index (χ3n) is 3.86. The Morgan fingerprint density at radius 2 is 1.96 bits per heavy atom. The molecule has 0 bridgehead atoms. The summed E-state index contributed by atoms with van der Waals surface area (Å²) in [5.74, 6) is 0.463. The van der Waals surface area contributed by atoms with Gasteiger partial charge in [-0.15, -0.1) is 0 Å². The van der Waals surface area contributed by atoms with Gasteiger partial charge >= 0.3 is 6.18 Å². The van der Waals surface area contributed by atoms with Gasteiger partial charge in [-0.1, -0.05) is 30.0 Å². The molecule has 3 aromatic rings. The Labute approximate surface area is 168 Å². The maximum absolute atomic E-state index is 13.1. The normalized spacial score (nSPS) is 11.6. The van der Waals surface area contributed by atoms with Crippen LogP contribution in [0.3, 0.4) is 0 Å². The topological polar surface area (TPSA) is 44.1 Å². The molecule has 0 amide bonds. The van der Waals surface area contributed by atoms with E-state index in [9.17, 15) is 18.0 Å². The lowest BCUT2D eigenvalue weighted by Gasteiger charge is -2.15. The molecule has 0 spiro atoms. The third kappa shape index (κ3) is 4.36. The zero-order valence-electron chi connectivity index (χ0n) is 14.7. The van der Waals surface area contributed by atoms with Gasteiger partial charge in [0.2, 0.25) is 4.38 Å². The van der Waals surface area contributed by atoms with Crippen LogP contribution in [0.25, 0.3) is 16.6 Å². The van der Waals surface area contributed by atoms with E-state index in [0.29, 0.717) is 17.5 Å². The van der Waals surface area contributed by atoms with Crippen molar-refractivity contribution in [3.05, 3.63) is 70.3 Å². The molecule has 28 heavy (non-hydrogen) atoms. The highest BCUT2D eigenvalue weighted by Gasteiger charge is 2.30. The average Bonchev–Trinajstić information content (AvgIpc) is 2.66. The Hall–Kier alpha value is -2.39. The highest BCUT2D eigenvalue weighted by Crippen LogP contribution is 2.30. The van der Waals surface area contributed by atoms with Crippen LogP contribution in [0.15, 0.2) is 53.3 Å². The molecule has 0 unspecified atom stereocenters. The fourth-order valence-corrected chi connectivity index (χ4v) is 3.58. The molecule has 0 N–H and O–H groups in total. The zero-order valence-corrected chi connectivity index (χ0v) is 16.3. The van der Waals surface area contributed by atoms with E-state index in [1.807, 2.05) is 0 Å². The summed E-state index contributed by atoms with van der Waals surface area (Å²) < 4.78 is 46.1. The lowest BCUT2D eigenvalue weighted by atomic mass is 10.2. The van der Waals surface area contributed by atoms with Gasteiger partial charge in [0.25, 0.3) is 5.56 Å². The molecule has 4 nitrogen and oxygen atoms in total. The number of ether oxygens (including phenoxy) is 1. The number of nitrogens with zero attached hydrogens (tertiary/aromatic N) is 2. The molecule has 9 heteroatoms. The average molecular weight is 424 g/mol. The van der Waals surface area contributed by atoms with Gasteiger partial charge in [0.05, 0.1) is 34.5 Å². The Morgan fingerprint density at radius 3 is 2.68 bits per heavy atom. The van der Waals surface area contributed by atoms with Crippen molar-refractivity contribution >= 4 is 39.3 Å². The summed E-state index contributed by atoms with van der Waals surface area (Å²) in [6, 6.07) is 11.3. The van der Waals surface area contributed by atoms with Gasteiger partial charge < -0.3 is 4.74 Å². The molecule has 3 rings (SSSR count). The van der Waals surface area contributed by atoms with Crippen LogP contribution in [0.4, 0.5) is 13.2 Å². The summed E-state index contributed by atoms with van der Waals surface area (Å²) in [5, 5.41) is 0.320. The van der Waals surface area contributed by atoms with Crippen LogP contribution in [0.5, 0.6) is 0 Å². The predicted molar refractivity (Wildman–Crippen MR) is 108 cm³/mol. The van der Waals surface area contributed by atoms with Crippen LogP contribution in [0.2, 0.25) is 0 Å². The smallest absolute Gasteiger partial charge is 0.416 e. The van der Waals surface area contributed by atoms with Crippen LogP contribution in [-0.2, 0) is 16.7 Å². The minimum atomic E-state index is -4.52. The number of benzene rings is 2. The van der Waals surface area contributed by atoms with E-state index >= 15 is 0 Å². The first-order valence-corrected chi connectivity index (χ1v) is 9.68. The van der Waals surface area contributed by atoms with Crippen LogP contribution in [0, 0.1) is 0 Å². The van der Waals surface area contributed by atoms with Crippen molar-refractivity contribution in [3.63, 3.8) is 0 Å². The number of hydrogen-bond acceptors (Lipinski definition) is 5. The number of fused-ring (bicyclic) bond motifs is 1. The quantitative estimate of drug-likeness (QED) is 0.554. The second-order valence-corrected chi connectivity index (χ2v) is 7.28. The summed E-state index contributed by atoms with van der Waals surface area (Å²) in [6.45, 7) is 2.19. The van der Waals surface area contributed by atoms with Crippen LogP contribution in [0.1, 0.15) is 18.3 Å². The minimum Gasteiger partial charge on any atom is -0.479 e. The molecular weight excluding hydrogens is 409 g/mol. The van der Waals surface area contributed by atoms with Crippen molar-refractivity contribution in [3.8, 4) is 5.69 Å². The highest BCUT2D eigenvalue weighted by atomic mass is 32.2. The number of thiocarbonyl (C=S) groups is 1. The summed E-state index contributed by atoms with van der Waals surface area (Å²) in [5.41, 5.74) is -0.721. The molecule has 0 aliphatic carbocycles. The number of para-hydroxylation sites is 1. The summed E-state index contributed by atoms with van der Waals surface area (Å²) in [6.07, 6.45) is -4.52. The predicted octanol–water partition coefficient (Wildman–Crippen LogP) is 4.96. The van der Waals surface area contributed by atoms with Gasteiger partial charge in [0.15, 0.2) is 0 Å². The van der Waals surface area contributed by atoms with Gasteiger partial charge in [-0.3, -0.25) is 9.36 Å². The third-order valence-corrected chi connectivity index (χ3v) is 5.09. The molecule has 146 valence electrons. The second-order valence-electron chi connectivity index (χ2n) is 5.71. The van der Waals surface area contributed by atoms with Crippen molar-refractivity contribution < 1.29 is 17.9 Å². The second kappa shape index (κ2) is 8.32. The first kappa shape index (κ1) is 20.3. The number of thioether (sulfide) groups is 1. The summed E-state index contributed by atoms with van der Waals surface area (Å²) in [4.78, 5) is 17.5. The van der Waals surface area contributed by atoms with Crippen molar-refractivity contribution in [2.75, 3.05) is 6.61 Å². The summed E-state index contributed by atoms with van der Waals surface area (Å²) >= 11 is 6.24. The maximum Gasteiger partial charge on any atom is 0.416 e. The first-order valence-electron chi connectivity index (χ1n) is 8.29. The fourth-order valence-electron chi connectivity index (χ4n) is 2.65. The van der Waals surface area contributed by atoms with Gasteiger partial charge in [0, 0.05) is 0 Å². The Balaban J connectivity index is 2.16. The molecule has 2 aromatic carbocycles. The van der Waals surface area contributed by atoms with Gasteiger partial charge in [0.1, 0.15) is 5.82 Å². The molecule has 0 saturated heterocycles. The number of aromatic nitrogens is 2. The molecule has 1 heterocycles. The van der Waals surface area contributed by atoms with Crippen molar-refractivity contribution in [1.82, 2.24) is 9.55 Å². The molecule has 0 fully saturated rings. The lowest BCUT2D eigenvalue weighted by Crippen LogP contribution is -2.24. The molecule has 0 radical (unpaired) electrons. The van der Waals surface area contributed by atoms with Crippen LogP contribution >= 0.6 is 24.0 Å². The van der Waals surface area contributed by atoms with E-state index in [4.69, 9.17) is 17.0 Å². The number of rotatable bonds is 4. The monoisotopic (exact) mass is 424 g/mol. The molecule has 1 aromatic heterocycles. The van der Waals surface area contributed by atoms with Crippen LogP contribution < -0.4 is 5.56 Å².